The average Bonchev–Trinajstić information content (AvgIpc) is 2.32. The van der Waals surface area contributed by atoms with Gasteiger partial charge in [0.1, 0.15) is 0 Å². The summed E-state index contributed by atoms with van der Waals surface area (Å²) < 4.78 is 24.7. The minimum atomic E-state index is -3.13. The molecular formula is C15H32N2O3S. The van der Waals surface area contributed by atoms with Crippen LogP contribution in [0.3, 0.4) is 0 Å². The molecule has 2 N–H and O–H groups in total. The molecule has 0 aromatic heterocycles. The van der Waals surface area contributed by atoms with Crippen LogP contribution in [0, 0.1) is 11.3 Å². The molecule has 5 nitrogen and oxygen atoms in total. The molecule has 0 aromatic carbocycles. The van der Waals surface area contributed by atoms with Crippen molar-refractivity contribution in [2.45, 2.75) is 52.0 Å². The van der Waals surface area contributed by atoms with E-state index < -0.39 is 10.0 Å². The van der Waals surface area contributed by atoms with E-state index in [-0.39, 0.29) is 23.3 Å². The van der Waals surface area contributed by atoms with Crippen molar-refractivity contribution in [3.05, 3.63) is 0 Å². The summed E-state index contributed by atoms with van der Waals surface area (Å²) in [5.41, 5.74) is -0.0495. The summed E-state index contributed by atoms with van der Waals surface area (Å²) in [6.07, 6.45) is 3.62. The molecule has 1 saturated carbocycles. The highest BCUT2D eigenvalue weighted by Crippen LogP contribution is 2.43. The molecule has 0 aliphatic heterocycles. The first-order chi connectivity index (χ1) is 9.52. The monoisotopic (exact) mass is 320 g/mol. The van der Waals surface area contributed by atoms with E-state index in [9.17, 15) is 13.5 Å². The highest BCUT2D eigenvalue weighted by Gasteiger charge is 2.42. The number of nitrogens with one attached hydrogen (secondary N) is 1. The summed E-state index contributed by atoms with van der Waals surface area (Å²) in [6.45, 7) is 7.44. The summed E-state index contributed by atoms with van der Waals surface area (Å²) in [5.74, 6) is 0.715. The quantitative estimate of drug-likeness (QED) is 0.696. The number of rotatable bonds is 7. The first-order valence-electron chi connectivity index (χ1n) is 7.78. The molecule has 126 valence electrons. The van der Waals surface area contributed by atoms with E-state index in [1.165, 1.54) is 10.7 Å². The van der Waals surface area contributed by atoms with Crippen LogP contribution in [0.25, 0.3) is 0 Å². The lowest BCUT2D eigenvalue weighted by atomic mass is 9.64. The first kappa shape index (κ1) is 18.9. The van der Waals surface area contributed by atoms with Crippen molar-refractivity contribution < 1.29 is 13.5 Å². The average molecular weight is 320 g/mol. The van der Waals surface area contributed by atoms with Crippen molar-refractivity contribution in [3.63, 3.8) is 0 Å². The lowest BCUT2D eigenvalue weighted by Crippen LogP contribution is -2.55. The van der Waals surface area contributed by atoms with E-state index in [2.05, 4.69) is 26.1 Å². The smallest absolute Gasteiger partial charge is 0.213 e. The molecule has 0 radical (unpaired) electrons. The summed E-state index contributed by atoms with van der Waals surface area (Å²) in [6, 6.07) is 0. The Balaban J connectivity index is 2.55. The molecule has 0 amide bonds. The van der Waals surface area contributed by atoms with Gasteiger partial charge in [0.2, 0.25) is 10.0 Å². The number of sulfonamides is 1. The standard InChI is InChI=1S/C15H32N2O3S/c1-13-9-14(2,3)11-15(10-13,12-18)16-7-6-8-21(19,20)17(4)5/h13,16,18H,6-12H2,1-5H3/t13-,15-/m1/s1. The molecule has 1 aliphatic carbocycles. The number of aliphatic hydroxyl groups is 1. The third kappa shape index (κ3) is 5.51. The van der Waals surface area contributed by atoms with Crippen molar-refractivity contribution in [2.24, 2.45) is 11.3 Å². The Morgan fingerprint density at radius 1 is 1.29 bits per heavy atom. The molecule has 21 heavy (non-hydrogen) atoms. The van der Waals surface area contributed by atoms with Gasteiger partial charge in [0, 0.05) is 19.6 Å². The third-order valence-electron chi connectivity index (χ3n) is 4.40. The molecule has 1 aliphatic rings. The number of hydrogen-bond acceptors (Lipinski definition) is 4. The zero-order valence-corrected chi connectivity index (χ0v) is 15.0. The lowest BCUT2D eigenvalue weighted by molar-refractivity contribution is 0.0367. The minimum absolute atomic E-state index is 0.112. The second-order valence-corrected chi connectivity index (χ2v) is 9.97. The third-order valence-corrected chi connectivity index (χ3v) is 6.31. The van der Waals surface area contributed by atoms with Gasteiger partial charge in [0.05, 0.1) is 12.4 Å². The summed E-state index contributed by atoms with van der Waals surface area (Å²) in [5, 5.41) is 13.3. The van der Waals surface area contributed by atoms with Gasteiger partial charge >= 0.3 is 0 Å². The van der Waals surface area contributed by atoms with Gasteiger partial charge in [-0.05, 0) is 43.6 Å². The fourth-order valence-corrected chi connectivity index (χ4v) is 4.72. The van der Waals surface area contributed by atoms with Crippen molar-refractivity contribution in [1.82, 2.24) is 9.62 Å². The maximum Gasteiger partial charge on any atom is 0.213 e. The first-order valence-corrected chi connectivity index (χ1v) is 9.39. The Bertz CT molecular complexity index is 434. The Morgan fingerprint density at radius 2 is 1.90 bits per heavy atom. The zero-order chi connectivity index (χ0) is 16.3. The topological polar surface area (TPSA) is 69.6 Å². The van der Waals surface area contributed by atoms with E-state index in [0.717, 1.165) is 12.8 Å². The van der Waals surface area contributed by atoms with Gasteiger partial charge in [-0.2, -0.15) is 0 Å². The number of aliphatic hydroxyl groups excluding tert-OH is 1. The summed E-state index contributed by atoms with van der Waals surface area (Å²) in [4.78, 5) is 0. The SMILES string of the molecule is C[C@@H]1CC(C)(C)C[C@](CO)(NCCCS(=O)(=O)N(C)C)C1. The molecule has 6 heteroatoms. The van der Waals surface area contributed by atoms with Gasteiger partial charge in [-0.1, -0.05) is 20.8 Å². The number of hydrogen-bond donors (Lipinski definition) is 2. The Morgan fingerprint density at radius 3 is 2.38 bits per heavy atom. The molecule has 0 heterocycles. The molecule has 2 atom stereocenters. The number of nitrogens with zero attached hydrogens (tertiary/aromatic N) is 1. The van der Waals surface area contributed by atoms with Crippen LogP contribution in [0.4, 0.5) is 0 Å². The van der Waals surface area contributed by atoms with Gasteiger partial charge in [-0.15, -0.1) is 0 Å². The molecule has 0 saturated heterocycles. The predicted octanol–water partition coefficient (Wildman–Crippen LogP) is 1.43. The van der Waals surface area contributed by atoms with Gasteiger partial charge in [-0.25, -0.2) is 12.7 Å². The van der Waals surface area contributed by atoms with Crippen molar-refractivity contribution >= 4 is 10.0 Å². The molecule has 0 aromatic rings. The zero-order valence-electron chi connectivity index (χ0n) is 14.1. The van der Waals surface area contributed by atoms with E-state index in [1.807, 2.05) is 0 Å². The van der Waals surface area contributed by atoms with Crippen molar-refractivity contribution in [1.29, 1.82) is 0 Å². The van der Waals surface area contributed by atoms with E-state index in [1.54, 1.807) is 14.1 Å². The van der Waals surface area contributed by atoms with E-state index in [4.69, 9.17) is 0 Å². The van der Waals surface area contributed by atoms with E-state index in [0.29, 0.717) is 18.9 Å². The van der Waals surface area contributed by atoms with Crippen LogP contribution < -0.4 is 5.32 Å². The van der Waals surface area contributed by atoms with Gasteiger partial charge in [0.25, 0.3) is 0 Å². The van der Waals surface area contributed by atoms with Crippen molar-refractivity contribution in [3.8, 4) is 0 Å². The largest absolute Gasteiger partial charge is 0.394 e. The normalized spacial score (nSPS) is 29.8. The minimum Gasteiger partial charge on any atom is -0.394 e. The molecule has 1 rings (SSSR count). The van der Waals surface area contributed by atoms with Crippen LogP contribution in [0.5, 0.6) is 0 Å². The summed E-state index contributed by atoms with van der Waals surface area (Å²) in [7, 11) is -0.0128. The van der Waals surface area contributed by atoms with Crippen molar-refractivity contribution in [2.75, 3.05) is 33.0 Å². The predicted molar refractivity (Wildman–Crippen MR) is 86.7 cm³/mol. The van der Waals surface area contributed by atoms with Crippen LogP contribution >= 0.6 is 0 Å². The molecule has 1 fully saturated rings. The van der Waals surface area contributed by atoms with E-state index >= 15 is 0 Å². The second-order valence-electron chi connectivity index (χ2n) is 7.67. The highest BCUT2D eigenvalue weighted by molar-refractivity contribution is 7.89. The second kappa shape index (κ2) is 6.94. The maximum atomic E-state index is 11.7. The fraction of sp³-hybridized carbons (Fsp3) is 1.00. The Kier molecular flexibility index (Phi) is 6.24. The van der Waals surface area contributed by atoms with Crippen LogP contribution in [0.1, 0.15) is 46.5 Å². The molecule has 0 unspecified atom stereocenters. The highest BCUT2D eigenvalue weighted by atomic mass is 32.2. The van der Waals surface area contributed by atoms with Crippen LogP contribution in [0.2, 0.25) is 0 Å². The van der Waals surface area contributed by atoms with Crippen LogP contribution in [-0.2, 0) is 10.0 Å². The summed E-state index contributed by atoms with van der Waals surface area (Å²) >= 11 is 0. The molecule has 0 spiro atoms. The van der Waals surface area contributed by atoms with Gasteiger partial charge in [0.15, 0.2) is 0 Å². The Labute approximate surface area is 130 Å². The van der Waals surface area contributed by atoms with Gasteiger partial charge in [-0.3, -0.25) is 0 Å². The van der Waals surface area contributed by atoms with Crippen LogP contribution in [0.15, 0.2) is 0 Å². The Hall–Kier alpha value is -0.170. The lowest BCUT2D eigenvalue weighted by Gasteiger charge is -2.47. The fourth-order valence-electron chi connectivity index (χ4n) is 3.84. The molecular weight excluding hydrogens is 288 g/mol. The van der Waals surface area contributed by atoms with Gasteiger partial charge < -0.3 is 10.4 Å². The van der Waals surface area contributed by atoms with Crippen LogP contribution in [-0.4, -0.2) is 56.4 Å². The molecule has 0 bridgehead atoms. The maximum absolute atomic E-state index is 11.7.